The second-order valence-corrected chi connectivity index (χ2v) is 8.36. The summed E-state index contributed by atoms with van der Waals surface area (Å²) in [5, 5.41) is 1.90. The number of carbonyl (C=O) groups is 2. The Morgan fingerprint density at radius 1 is 1.26 bits per heavy atom. The van der Waals surface area contributed by atoms with E-state index in [2.05, 4.69) is 0 Å². The zero-order valence-corrected chi connectivity index (χ0v) is 16.9. The standard InChI is InChI=1S/C18H32F3N3O3/c1-13(2)24(16(26)27-17(3,4)5)10-14-7-6-8-23(9-14)11-15(25)22-12-18(19,20)21/h13-14H,6-12H2,1-5H3,(H,22,25). The van der Waals surface area contributed by atoms with E-state index < -0.39 is 24.2 Å². The normalized spacial score (nSPS) is 19.1. The van der Waals surface area contributed by atoms with Gasteiger partial charge in [-0.1, -0.05) is 0 Å². The number of nitrogens with one attached hydrogen (secondary N) is 1. The van der Waals surface area contributed by atoms with Gasteiger partial charge in [-0.15, -0.1) is 0 Å². The molecule has 0 aromatic rings. The first kappa shape index (κ1) is 23.5. The van der Waals surface area contributed by atoms with Crippen molar-refractivity contribution in [2.75, 3.05) is 32.7 Å². The number of piperidine rings is 1. The van der Waals surface area contributed by atoms with Crippen molar-refractivity contribution >= 4 is 12.0 Å². The number of likely N-dealkylation sites (tertiary alicyclic amines) is 1. The Labute approximate surface area is 159 Å². The molecule has 1 fully saturated rings. The lowest BCUT2D eigenvalue weighted by Gasteiger charge is -2.37. The Bertz CT molecular complexity index is 504. The summed E-state index contributed by atoms with van der Waals surface area (Å²) >= 11 is 0. The van der Waals surface area contributed by atoms with Crippen molar-refractivity contribution in [3.63, 3.8) is 0 Å². The highest BCUT2D eigenvalue weighted by molar-refractivity contribution is 5.78. The number of nitrogens with zero attached hydrogens (tertiary/aromatic N) is 2. The van der Waals surface area contributed by atoms with Crippen molar-refractivity contribution in [2.45, 2.75) is 65.3 Å². The van der Waals surface area contributed by atoms with Crippen molar-refractivity contribution in [1.82, 2.24) is 15.1 Å². The van der Waals surface area contributed by atoms with Gasteiger partial charge in [-0.25, -0.2) is 4.79 Å². The van der Waals surface area contributed by atoms with Crippen LogP contribution in [0.2, 0.25) is 0 Å². The van der Waals surface area contributed by atoms with Crippen LogP contribution in [0.3, 0.4) is 0 Å². The molecule has 158 valence electrons. The fraction of sp³-hybridized carbons (Fsp3) is 0.889. The van der Waals surface area contributed by atoms with Crippen LogP contribution in [0.15, 0.2) is 0 Å². The lowest BCUT2D eigenvalue weighted by molar-refractivity contribution is -0.139. The molecule has 9 heteroatoms. The fourth-order valence-corrected chi connectivity index (χ4v) is 3.00. The van der Waals surface area contributed by atoms with Crippen LogP contribution in [0, 0.1) is 5.92 Å². The highest BCUT2D eigenvalue weighted by Gasteiger charge is 2.31. The van der Waals surface area contributed by atoms with E-state index in [0.717, 1.165) is 12.8 Å². The quantitative estimate of drug-likeness (QED) is 0.751. The van der Waals surface area contributed by atoms with Gasteiger partial charge < -0.3 is 15.0 Å². The van der Waals surface area contributed by atoms with E-state index in [9.17, 15) is 22.8 Å². The van der Waals surface area contributed by atoms with E-state index in [1.807, 2.05) is 44.8 Å². The van der Waals surface area contributed by atoms with E-state index in [0.29, 0.717) is 19.6 Å². The minimum atomic E-state index is -4.41. The van der Waals surface area contributed by atoms with Gasteiger partial charge in [0.2, 0.25) is 5.91 Å². The lowest BCUT2D eigenvalue weighted by atomic mass is 9.97. The number of hydrogen-bond donors (Lipinski definition) is 1. The number of rotatable bonds is 6. The van der Waals surface area contributed by atoms with Gasteiger partial charge in [0.05, 0.1) is 6.54 Å². The topological polar surface area (TPSA) is 61.9 Å². The maximum atomic E-state index is 12.4. The SMILES string of the molecule is CC(C)N(CC1CCCN(CC(=O)NCC(F)(F)F)C1)C(=O)OC(C)(C)C. The number of halogens is 3. The molecule has 0 aromatic heterocycles. The molecule has 1 aliphatic rings. The van der Waals surface area contributed by atoms with Gasteiger partial charge >= 0.3 is 12.3 Å². The van der Waals surface area contributed by atoms with Crippen molar-refractivity contribution in [3.8, 4) is 0 Å². The fourth-order valence-electron chi connectivity index (χ4n) is 3.00. The Morgan fingerprint density at radius 2 is 1.89 bits per heavy atom. The monoisotopic (exact) mass is 395 g/mol. The van der Waals surface area contributed by atoms with Crippen LogP contribution < -0.4 is 5.32 Å². The van der Waals surface area contributed by atoms with Crippen molar-refractivity contribution in [3.05, 3.63) is 0 Å². The largest absolute Gasteiger partial charge is 0.444 e. The summed E-state index contributed by atoms with van der Waals surface area (Å²) in [5.41, 5.74) is -0.584. The first-order chi connectivity index (χ1) is 12.3. The van der Waals surface area contributed by atoms with Crippen LogP contribution in [0.4, 0.5) is 18.0 Å². The number of alkyl halides is 3. The second kappa shape index (κ2) is 9.61. The Balaban J connectivity index is 2.57. The molecule has 1 atom stereocenters. The minimum absolute atomic E-state index is 0.0367. The van der Waals surface area contributed by atoms with Crippen LogP contribution in [0.1, 0.15) is 47.5 Å². The number of amides is 2. The van der Waals surface area contributed by atoms with Crippen LogP contribution >= 0.6 is 0 Å². The predicted octanol–water partition coefficient (Wildman–Crippen LogP) is 3.02. The average molecular weight is 395 g/mol. The molecule has 0 bridgehead atoms. The van der Waals surface area contributed by atoms with Crippen LogP contribution in [0.25, 0.3) is 0 Å². The molecule has 1 heterocycles. The molecular formula is C18H32F3N3O3. The molecule has 6 nitrogen and oxygen atoms in total. The third-order valence-electron chi connectivity index (χ3n) is 4.16. The molecule has 0 radical (unpaired) electrons. The molecule has 1 saturated heterocycles. The Kier molecular flexibility index (Phi) is 8.38. The van der Waals surface area contributed by atoms with Gasteiger partial charge in [0, 0.05) is 19.1 Å². The second-order valence-electron chi connectivity index (χ2n) is 8.36. The first-order valence-corrected chi connectivity index (χ1v) is 9.32. The smallest absolute Gasteiger partial charge is 0.410 e. The summed E-state index contributed by atoms with van der Waals surface area (Å²) < 4.78 is 42.0. The molecular weight excluding hydrogens is 363 g/mol. The van der Waals surface area contributed by atoms with Gasteiger partial charge in [-0.3, -0.25) is 9.69 Å². The highest BCUT2D eigenvalue weighted by Crippen LogP contribution is 2.20. The summed E-state index contributed by atoms with van der Waals surface area (Å²) in [5.74, 6) is -0.495. The minimum Gasteiger partial charge on any atom is -0.444 e. The molecule has 1 rings (SSSR count). The molecule has 1 N–H and O–H groups in total. The zero-order chi connectivity index (χ0) is 20.8. The first-order valence-electron chi connectivity index (χ1n) is 9.32. The third kappa shape index (κ3) is 9.83. The molecule has 0 saturated carbocycles. The van der Waals surface area contributed by atoms with E-state index >= 15 is 0 Å². The van der Waals surface area contributed by atoms with Gasteiger partial charge in [0.15, 0.2) is 0 Å². The Morgan fingerprint density at radius 3 is 2.41 bits per heavy atom. The average Bonchev–Trinajstić information content (AvgIpc) is 2.48. The van der Waals surface area contributed by atoms with Crippen LogP contribution in [0.5, 0.6) is 0 Å². The molecule has 2 amide bonds. The van der Waals surface area contributed by atoms with Gasteiger partial charge in [-0.2, -0.15) is 13.2 Å². The third-order valence-corrected chi connectivity index (χ3v) is 4.16. The van der Waals surface area contributed by atoms with Crippen LogP contribution in [-0.2, 0) is 9.53 Å². The molecule has 0 aliphatic carbocycles. The van der Waals surface area contributed by atoms with Crippen LogP contribution in [-0.4, -0.2) is 72.3 Å². The summed E-state index contributed by atoms with van der Waals surface area (Å²) in [6, 6.07) is -0.0367. The number of carbonyl (C=O) groups excluding carboxylic acids is 2. The van der Waals surface area contributed by atoms with E-state index in [1.165, 1.54) is 0 Å². The van der Waals surface area contributed by atoms with E-state index in [-0.39, 0.29) is 24.6 Å². The maximum Gasteiger partial charge on any atom is 0.410 e. The molecule has 0 aromatic carbocycles. The molecule has 1 aliphatic heterocycles. The zero-order valence-electron chi connectivity index (χ0n) is 16.9. The summed E-state index contributed by atoms with van der Waals surface area (Å²) in [6.07, 6.45) is -3.06. The molecule has 0 spiro atoms. The Hall–Kier alpha value is -1.51. The van der Waals surface area contributed by atoms with Crippen molar-refractivity contribution < 1.29 is 27.5 Å². The highest BCUT2D eigenvalue weighted by atomic mass is 19.4. The summed E-state index contributed by atoms with van der Waals surface area (Å²) in [7, 11) is 0. The number of ether oxygens (including phenoxy) is 1. The summed E-state index contributed by atoms with van der Waals surface area (Å²) in [6.45, 7) is 9.58. The van der Waals surface area contributed by atoms with Gasteiger partial charge in [0.1, 0.15) is 12.1 Å². The number of hydrogen-bond acceptors (Lipinski definition) is 4. The lowest BCUT2D eigenvalue weighted by Crippen LogP contribution is -2.49. The van der Waals surface area contributed by atoms with E-state index in [4.69, 9.17) is 4.74 Å². The molecule has 1 unspecified atom stereocenters. The predicted molar refractivity (Wildman–Crippen MR) is 96.3 cm³/mol. The van der Waals surface area contributed by atoms with Crippen molar-refractivity contribution in [1.29, 1.82) is 0 Å². The van der Waals surface area contributed by atoms with Crippen molar-refractivity contribution in [2.24, 2.45) is 5.92 Å². The van der Waals surface area contributed by atoms with Gasteiger partial charge in [0.25, 0.3) is 0 Å². The van der Waals surface area contributed by atoms with Gasteiger partial charge in [-0.05, 0) is 59.9 Å². The summed E-state index contributed by atoms with van der Waals surface area (Å²) in [4.78, 5) is 27.7. The van der Waals surface area contributed by atoms with E-state index in [1.54, 1.807) is 4.90 Å². The maximum absolute atomic E-state index is 12.4. The molecule has 27 heavy (non-hydrogen) atoms.